The lowest BCUT2D eigenvalue weighted by molar-refractivity contribution is -0.386. The van der Waals surface area contributed by atoms with E-state index in [1.807, 2.05) is 0 Å². The van der Waals surface area contributed by atoms with Crippen molar-refractivity contribution in [1.29, 1.82) is 0 Å². The first kappa shape index (κ1) is 23.3. The van der Waals surface area contributed by atoms with Gasteiger partial charge in [-0.25, -0.2) is 8.42 Å². The lowest BCUT2D eigenvalue weighted by Gasteiger charge is -2.36. The minimum Gasteiger partial charge on any atom is -0.492 e. The number of hydrogen-bond donors (Lipinski definition) is 0. The lowest BCUT2D eigenvalue weighted by atomic mass is 9.95. The Kier molecular flexibility index (Phi) is 6.46. The van der Waals surface area contributed by atoms with Crippen molar-refractivity contribution < 1.29 is 27.6 Å². The second-order valence-corrected chi connectivity index (χ2v) is 10.2. The third kappa shape index (κ3) is 4.61. The molecule has 0 bridgehead atoms. The Morgan fingerprint density at radius 3 is 2.58 bits per heavy atom. The van der Waals surface area contributed by atoms with E-state index in [-0.39, 0.29) is 55.3 Å². The van der Waals surface area contributed by atoms with E-state index >= 15 is 0 Å². The Morgan fingerprint density at radius 1 is 1.18 bits per heavy atom. The first-order valence-corrected chi connectivity index (χ1v) is 12.0. The van der Waals surface area contributed by atoms with Crippen LogP contribution >= 0.6 is 11.6 Å². The van der Waals surface area contributed by atoms with Crippen molar-refractivity contribution in [3.05, 3.63) is 57.1 Å². The van der Waals surface area contributed by atoms with Gasteiger partial charge in [0.1, 0.15) is 12.4 Å². The van der Waals surface area contributed by atoms with E-state index in [0.29, 0.717) is 17.2 Å². The van der Waals surface area contributed by atoms with Crippen LogP contribution in [-0.4, -0.2) is 68.3 Å². The van der Waals surface area contributed by atoms with E-state index in [1.165, 1.54) is 23.5 Å². The van der Waals surface area contributed by atoms with Crippen molar-refractivity contribution in [3.63, 3.8) is 0 Å². The molecule has 2 aliphatic rings. The molecular weight excluding hydrogens is 474 g/mol. The molecule has 176 valence electrons. The number of ether oxygens (including phenoxy) is 2. The van der Waals surface area contributed by atoms with E-state index in [0.717, 1.165) is 11.6 Å². The van der Waals surface area contributed by atoms with E-state index in [4.69, 9.17) is 21.1 Å². The molecule has 0 unspecified atom stereocenters. The molecule has 33 heavy (non-hydrogen) atoms. The van der Waals surface area contributed by atoms with E-state index in [1.54, 1.807) is 23.1 Å². The van der Waals surface area contributed by atoms with Gasteiger partial charge in [0, 0.05) is 37.3 Å². The van der Waals surface area contributed by atoms with Crippen LogP contribution in [0.25, 0.3) is 0 Å². The van der Waals surface area contributed by atoms with Crippen LogP contribution in [0, 0.1) is 16.0 Å². The quantitative estimate of drug-likeness (QED) is 0.461. The van der Waals surface area contributed by atoms with Crippen LogP contribution in [0.5, 0.6) is 11.5 Å². The molecule has 1 atom stereocenters. The summed E-state index contributed by atoms with van der Waals surface area (Å²) in [6, 6.07) is 8.84. The molecule has 4 rings (SSSR count). The molecule has 2 aromatic rings. The van der Waals surface area contributed by atoms with Crippen molar-refractivity contribution in [1.82, 2.24) is 9.21 Å². The number of benzene rings is 2. The normalized spacial score (nSPS) is 18.8. The number of carbonyl (C=O) groups is 1. The summed E-state index contributed by atoms with van der Waals surface area (Å²) >= 11 is 6.05. The maximum atomic E-state index is 13.0. The SMILES string of the molecule is COc1ccc(S(=O)(=O)N2CCN(C(=O)[C@H]3COc4ccc(Cl)cc4C3)CC2)cc1[N+](=O)[O-]. The van der Waals surface area contributed by atoms with Gasteiger partial charge in [0.2, 0.25) is 15.9 Å². The molecule has 10 nitrogen and oxygen atoms in total. The minimum absolute atomic E-state index is 0.0214. The molecule has 1 saturated heterocycles. The number of methoxy groups -OCH3 is 1. The molecule has 0 aliphatic carbocycles. The summed E-state index contributed by atoms with van der Waals surface area (Å²) in [7, 11) is -2.69. The zero-order valence-electron chi connectivity index (χ0n) is 17.8. The highest BCUT2D eigenvalue weighted by molar-refractivity contribution is 7.89. The number of fused-ring (bicyclic) bond motifs is 1. The van der Waals surface area contributed by atoms with Gasteiger partial charge in [0.15, 0.2) is 5.75 Å². The first-order chi connectivity index (χ1) is 15.7. The highest BCUT2D eigenvalue weighted by Gasteiger charge is 2.35. The zero-order chi connectivity index (χ0) is 23.8. The summed E-state index contributed by atoms with van der Waals surface area (Å²) < 4.78 is 37.9. The van der Waals surface area contributed by atoms with Gasteiger partial charge in [0.25, 0.3) is 0 Å². The average molecular weight is 496 g/mol. The predicted octanol–water partition coefficient (Wildman–Crippen LogP) is 2.34. The molecule has 0 saturated carbocycles. The predicted molar refractivity (Wildman–Crippen MR) is 119 cm³/mol. The standard InChI is InChI=1S/C21H22ClN3O7S/c1-31-20-5-3-17(12-18(20)25(27)28)33(29,30)24-8-6-23(7-9-24)21(26)15-10-14-11-16(22)2-4-19(14)32-13-15/h2-5,11-12,15H,6-10,13H2,1H3/t15-/m1/s1. The summed E-state index contributed by atoms with van der Waals surface area (Å²) in [6.45, 7) is 0.861. The molecule has 0 aromatic heterocycles. The first-order valence-electron chi connectivity index (χ1n) is 10.2. The third-order valence-electron chi connectivity index (χ3n) is 5.81. The maximum absolute atomic E-state index is 13.0. The van der Waals surface area contributed by atoms with Crippen LogP contribution < -0.4 is 9.47 Å². The number of halogens is 1. The largest absolute Gasteiger partial charge is 0.492 e. The fourth-order valence-electron chi connectivity index (χ4n) is 4.05. The highest BCUT2D eigenvalue weighted by Crippen LogP contribution is 2.32. The second-order valence-electron chi connectivity index (χ2n) is 7.78. The fraction of sp³-hybridized carbons (Fsp3) is 0.381. The van der Waals surface area contributed by atoms with E-state index < -0.39 is 20.6 Å². The van der Waals surface area contributed by atoms with Gasteiger partial charge in [-0.05, 0) is 42.3 Å². The number of amides is 1. The van der Waals surface area contributed by atoms with Crippen molar-refractivity contribution in [2.24, 2.45) is 5.92 Å². The van der Waals surface area contributed by atoms with Gasteiger partial charge in [-0.15, -0.1) is 0 Å². The second kappa shape index (κ2) is 9.16. The van der Waals surface area contributed by atoms with Gasteiger partial charge < -0.3 is 14.4 Å². The topological polar surface area (TPSA) is 119 Å². The Bertz CT molecular complexity index is 1200. The van der Waals surface area contributed by atoms with Gasteiger partial charge >= 0.3 is 5.69 Å². The van der Waals surface area contributed by atoms with Crippen molar-refractivity contribution in [2.45, 2.75) is 11.3 Å². The van der Waals surface area contributed by atoms with Gasteiger partial charge in [-0.1, -0.05) is 11.6 Å². The van der Waals surface area contributed by atoms with Crippen LogP contribution in [0.2, 0.25) is 5.02 Å². The summed E-state index contributed by atoms with van der Waals surface area (Å²) in [5, 5.41) is 11.8. The fourth-order valence-corrected chi connectivity index (χ4v) is 5.69. The van der Waals surface area contributed by atoms with E-state index in [9.17, 15) is 23.3 Å². The van der Waals surface area contributed by atoms with Crippen molar-refractivity contribution in [2.75, 3.05) is 39.9 Å². The number of carbonyl (C=O) groups excluding carboxylic acids is 1. The molecule has 1 fully saturated rings. The molecule has 0 radical (unpaired) electrons. The molecule has 0 N–H and O–H groups in total. The number of hydrogen-bond acceptors (Lipinski definition) is 7. The monoisotopic (exact) mass is 495 g/mol. The Hall–Kier alpha value is -2.89. The van der Waals surface area contributed by atoms with Crippen LogP contribution in [0.4, 0.5) is 5.69 Å². The molecule has 2 aromatic carbocycles. The molecule has 1 amide bonds. The van der Waals surface area contributed by atoms with Crippen LogP contribution in [0.1, 0.15) is 5.56 Å². The third-order valence-corrected chi connectivity index (χ3v) is 7.94. The summed E-state index contributed by atoms with van der Waals surface area (Å²) in [6.07, 6.45) is 0.503. The lowest BCUT2D eigenvalue weighted by Crippen LogP contribution is -2.52. The van der Waals surface area contributed by atoms with Gasteiger partial charge in [0.05, 0.1) is 22.8 Å². The number of rotatable bonds is 5. The number of nitro benzene ring substituents is 1. The van der Waals surface area contributed by atoms with Gasteiger partial charge in [-0.3, -0.25) is 14.9 Å². The molecule has 0 spiro atoms. The minimum atomic E-state index is -3.97. The highest BCUT2D eigenvalue weighted by atomic mass is 35.5. The summed E-state index contributed by atoms with van der Waals surface area (Å²) in [5.74, 6) is 0.223. The number of nitro groups is 1. The van der Waals surface area contributed by atoms with Crippen LogP contribution in [0.3, 0.4) is 0 Å². The van der Waals surface area contributed by atoms with Gasteiger partial charge in [-0.2, -0.15) is 4.31 Å². The molecular formula is C21H22ClN3O7S. The summed E-state index contributed by atoms with van der Waals surface area (Å²) in [5.41, 5.74) is 0.444. The Morgan fingerprint density at radius 2 is 1.91 bits per heavy atom. The molecule has 2 aliphatic heterocycles. The number of nitrogens with zero attached hydrogens (tertiary/aromatic N) is 3. The smallest absolute Gasteiger partial charge is 0.312 e. The van der Waals surface area contributed by atoms with Crippen LogP contribution in [0.15, 0.2) is 41.3 Å². The van der Waals surface area contributed by atoms with E-state index in [2.05, 4.69) is 0 Å². The maximum Gasteiger partial charge on any atom is 0.312 e. The molecule has 12 heteroatoms. The Balaban J connectivity index is 1.43. The zero-order valence-corrected chi connectivity index (χ0v) is 19.3. The molecule has 2 heterocycles. The summed E-state index contributed by atoms with van der Waals surface area (Å²) in [4.78, 5) is 25.0. The van der Waals surface area contributed by atoms with Crippen LogP contribution in [-0.2, 0) is 21.2 Å². The average Bonchev–Trinajstić information content (AvgIpc) is 2.82. The number of piperazine rings is 1. The number of sulfonamides is 1. The van der Waals surface area contributed by atoms with Crippen molar-refractivity contribution >= 4 is 33.2 Å². The Labute approximate surface area is 195 Å². The van der Waals surface area contributed by atoms with Crippen molar-refractivity contribution in [3.8, 4) is 11.5 Å².